The van der Waals surface area contributed by atoms with E-state index >= 15 is 0 Å². The number of nitrogens with zero attached hydrogens (tertiary/aromatic N) is 2. The summed E-state index contributed by atoms with van der Waals surface area (Å²) in [7, 11) is -0.569. The normalized spacial score (nSPS) is 12.4. The molecule has 0 aliphatic rings. The first-order valence-corrected chi connectivity index (χ1v) is 13.4. The molecule has 0 saturated heterocycles. The van der Waals surface area contributed by atoms with Gasteiger partial charge in [0.15, 0.2) is 5.58 Å². The predicted molar refractivity (Wildman–Crippen MR) is 143 cm³/mol. The Morgan fingerprint density at radius 1 is 1.03 bits per heavy atom. The number of sulfonamides is 1. The van der Waals surface area contributed by atoms with E-state index in [1.54, 1.807) is 7.05 Å². The molecule has 0 aliphatic carbocycles. The molecule has 0 aliphatic heterocycles. The van der Waals surface area contributed by atoms with E-state index in [4.69, 9.17) is 4.42 Å². The van der Waals surface area contributed by atoms with Crippen molar-refractivity contribution in [2.75, 3.05) is 25.0 Å². The van der Waals surface area contributed by atoms with Crippen LogP contribution < -0.4 is 20.7 Å². The summed E-state index contributed by atoms with van der Waals surface area (Å²) in [6, 6.07) is 22.3. The van der Waals surface area contributed by atoms with Gasteiger partial charge in [-0.25, -0.2) is 13.2 Å². The number of oxazole rings is 1. The second-order valence-corrected chi connectivity index (χ2v) is 10.5. The van der Waals surface area contributed by atoms with Gasteiger partial charge < -0.3 is 14.6 Å². The zero-order valence-corrected chi connectivity index (χ0v) is 21.6. The van der Waals surface area contributed by atoms with Crippen LogP contribution in [0.25, 0.3) is 11.1 Å². The fourth-order valence-electron chi connectivity index (χ4n) is 4.04. The average Bonchev–Trinajstić information content (AvgIpc) is 3.19. The highest BCUT2D eigenvalue weighted by atomic mass is 32.2. The minimum atomic E-state index is -4.09. The van der Waals surface area contributed by atoms with Gasteiger partial charge in [0.1, 0.15) is 6.04 Å². The molecule has 37 heavy (non-hydrogen) atoms. The minimum absolute atomic E-state index is 0.0929. The maximum absolute atomic E-state index is 13.2. The van der Waals surface area contributed by atoms with Crippen LogP contribution in [0.2, 0.25) is 0 Å². The Morgan fingerprint density at radius 2 is 1.70 bits per heavy atom. The molecule has 4 rings (SSSR count). The van der Waals surface area contributed by atoms with Gasteiger partial charge in [-0.2, -0.15) is 4.72 Å². The van der Waals surface area contributed by atoms with Crippen molar-refractivity contribution in [2.24, 2.45) is 7.05 Å². The van der Waals surface area contributed by atoms with Gasteiger partial charge in [-0.05, 0) is 42.7 Å². The van der Waals surface area contributed by atoms with E-state index in [9.17, 15) is 18.0 Å². The number of rotatable bonds is 11. The van der Waals surface area contributed by atoms with Crippen LogP contribution in [0.1, 0.15) is 12.0 Å². The quantitative estimate of drug-likeness (QED) is 0.293. The van der Waals surface area contributed by atoms with Crippen molar-refractivity contribution in [3.8, 4) is 0 Å². The molecule has 0 spiro atoms. The molecule has 4 aromatic rings. The standard InChI is InChI=1S/C27H30N4O5S/c1-30(21-12-7-4-8-13-21)17-9-16-28-26(32)23(18-20-10-5-3-6-11-20)29-37(34,35)22-14-15-24-25(19-22)36-27(33)31(24)2/h3-8,10-15,19,23,29H,9,16-18H2,1-2H3,(H,28,32). The zero-order chi connectivity index (χ0) is 26.4. The number of anilines is 1. The summed E-state index contributed by atoms with van der Waals surface area (Å²) in [6.07, 6.45) is 0.865. The lowest BCUT2D eigenvalue weighted by Crippen LogP contribution is -2.48. The van der Waals surface area contributed by atoms with Crippen molar-refractivity contribution < 1.29 is 17.6 Å². The van der Waals surface area contributed by atoms with Crippen LogP contribution in [0.4, 0.5) is 5.69 Å². The van der Waals surface area contributed by atoms with Crippen LogP contribution in [-0.2, 0) is 28.3 Å². The zero-order valence-electron chi connectivity index (χ0n) is 20.8. The van der Waals surface area contributed by atoms with Crippen molar-refractivity contribution in [3.63, 3.8) is 0 Å². The maximum Gasteiger partial charge on any atom is 0.419 e. The third-order valence-corrected chi connectivity index (χ3v) is 7.61. The smallest absolute Gasteiger partial charge is 0.408 e. The summed E-state index contributed by atoms with van der Waals surface area (Å²) in [5, 5.41) is 2.87. The van der Waals surface area contributed by atoms with Crippen molar-refractivity contribution in [1.29, 1.82) is 0 Å². The number of hydrogen-bond acceptors (Lipinski definition) is 6. The summed E-state index contributed by atoms with van der Waals surface area (Å²) in [5.74, 6) is -1.00. The number of aromatic nitrogens is 1. The first-order chi connectivity index (χ1) is 17.7. The van der Waals surface area contributed by atoms with Gasteiger partial charge in [0, 0.05) is 38.9 Å². The first kappa shape index (κ1) is 26.2. The lowest BCUT2D eigenvalue weighted by molar-refractivity contribution is -0.122. The first-order valence-electron chi connectivity index (χ1n) is 11.9. The second kappa shape index (κ2) is 11.4. The van der Waals surface area contributed by atoms with Crippen molar-refractivity contribution in [3.05, 3.63) is 95.0 Å². The van der Waals surface area contributed by atoms with E-state index in [-0.39, 0.29) is 16.9 Å². The van der Waals surface area contributed by atoms with Gasteiger partial charge in [0.25, 0.3) is 0 Å². The van der Waals surface area contributed by atoms with E-state index in [2.05, 4.69) is 14.9 Å². The van der Waals surface area contributed by atoms with Crippen LogP contribution in [-0.4, -0.2) is 45.1 Å². The van der Waals surface area contributed by atoms with E-state index in [0.29, 0.717) is 18.5 Å². The molecule has 1 atom stereocenters. The Balaban J connectivity index is 1.45. The largest absolute Gasteiger partial charge is 0.419 e. The van der Waals surface area contributed by atoms with Crippen LogP contribution >= 0.6 is 0 Å². The molecule has 9 nitrogen and oxygen atoms in total. The Morgan fingerprint density at radius 3 is 2.41 bits per heavy atom. The topological polar surface area (TPSA) is 114 Å². The second-order valence-electron chi connectivity index (χ2n) is 8.82. The third kappa shape index (κ3) is 6.46. The molecule has 1 unspecified atom stereocenters. The third-order valence-electron chi connectivity index (χ3n) is 6.14. The van der Waals surface area contributed by atoms with Gasteiger partial charge in [-0.3, -0.25) is 9.36 Å². The van der Waals surface area contributed by atoms with E-state index in [1.165, 1.54) is 22.8 Å². The van der Waals surface area contributed by atoms with E-state index in [0.717, 1.165) is 17.8 Å². The number of para-hydroxylation sites is 1. The Labute approximate surface area is 215 Å². The molecule has 0 bridgehead atoms. The molecule has 2 N–H and O–H groups in total. The number of hydrogen-bond donors (Lipinski definition) is 2. The summed E-state index contributed by atoms with van der Waals surface area (Å²) in [6.45, 7) is 1.12. The van der Waals surface area contributed by atoms with Gasteiger partial charge in [-0.15, -0.1) is 0 Å². The molecule has 3 aromatic carbocycles. The number of fused-ring (bicyclic) bond motifs is 1. The summed E-state index contributed by atoms with van der Waals surface area (Å²) < 4.78 is 35.4. The van der Waals surface area contributed by atoms with Crippen molar-refractivity contribution in [1.82, 2.24) is 14.6 Å². The van der Waals surface area contributed by atoms with Gasteiger partial charge in [0.05, 0.1) is 10.4 Å². The fraction of sp³-hybridized carbons (Fsp3) is 0.259. The number of benzene rings is 3. The van der Waals surface area contributed by atoms with Crippen LogP contribution in [0.5, 0.6) is 0 Å². The molecule has 1 heterocycles. The van der Waals surface area contributed by atoms with Crippen molar-refractivity contribution in [2.45, 2.75) is 23.8 Å². The SMILES string of the molecule is CN(CCCNC(=O)C(Cc1ccccc1)NS(=O)(=O)c1ccc2c(c1)oc(=O)n2C)c1ccccc1. The van der Waals surface area contributed by atoms with Crippen molar-refractivity contribution >= 4 is 32.7 Å². The summed E-state index contributed by atoms with van der Waals surface area (Å²) in [5.41, 5.74) is 2.53. The molecule has 0 radical (unpaired) electrons. The molecular weight excluding hydrogens is 492 g/mol. The number of carbonyl (C=O) groups excluding carboxylic acids is 1. The van der Waals surface area contributed by atoms with E-state index in [1.807, 2.05) is 67.7 Å². The average molecular weight is 523 g/mol. The maximum atomic E-state index is 13.2. The molecule has 10 heteroatoms. The van der Waals surface area contributed by atoms with Gasteiger partial charge in [-0.1, -0.05) is 48.5 Å². The van der Waals surface area contributed by atoms with Gasteiger partial charge in [0.2, 0.25) is 15.9 Å². The van der Waals surface area contributed by atoms with Crippen LogP contribution in [0.3, 0.4) is 0 Å². The van der Waals surface area contributed by atoms with Gasteiger partial charge >= 0.3 is 5.76 Å². The summed E-state index contributed by atoms with van der Waals surface area (Å²) >= 11 is 0. The monoisotopic (exact) mass is 522 g/mol. The number of aryl methyl sites for hydroxylation is 1. The Hall–Kier alpha value is -3.89. The minimum Gasteiger partial charge on any atom is -0.408 e. The molecular formula is C27H30N4O5S. The number of nitrogens with one attached hydrogen (secondary N) is 2. The van der Waals surface area contributed by atoms with E-state index < -0.39 is 27.7 Å². The molecule has 0 saturated carbocycles. The molecule has 194 valence electrons. The summed E-state index contributed by atoms with van der Waals surface area (Å²) in [4.78, 5) is 26.9. The van der Waals surface area contributed by atoms with Crippen LogP contribution in [0.15, 0.2) is 93.0 Å². The number of amides is 1. The highest BCUT2D eigenvalue weighted by molar-refractivity contribution is 7.89. The molecule has 0 fully saturated rings. The lowest BCUT2D eigenvalue weighted by atomic mass is 10.1. The highest BCUT2D eigenvalue weighted by Crippen LogP contribution is 2.19. The highest BCUT2D eigenvalue weighted by Gasteiger charge is 2.26. The Bertz CT molecular complexity index is 1510. The molecule has 1 amide bonds. The molecule has 1 aromatic heterocycles. The number of carbonyl (C=O) groups is 1. The predicted octanol–water partition coefficient (Wildman–Crippen LogP) is 2.66. The lowest BCUT2D eigenvalue weighted by Gasteiger charge is -2.21. The Kier molecular flexibility index (Phi) is 8.10. The fourth-order valence-corrected chi connectivity index (χ4v) is 5.25. The van der Waals surface area contributed by atoms with Crippen LogP contribution in [0, 0.1) is 0 Å².